The Balaban J connectivity index is 1.44. The monoisotopic (exact) mass is 398 g/mol. The van der Waals surface area contributed by atoms with E-state index in [1.54, 1.807) is 38.1 Å². The largest absolute Gasteiger partial charge is 0.485 e. The van der Waals surface area contributed by atoms with Gasteiger partial charge in [0.05, 0.1) is 5.41 Å². The number of ether oxygens (including phenoxy) is 3. The summed E-state index contributed by atoms with van der Waals surface area (Å²) in [5, 5.41) is 0. The number of hydrogen-bond donors (Lipinski definition) is 2. The number of nitrogens with one attached hydrogen (secondary N) is 2. The predicted molar refractivity (Wildman–Crippen MR) is 103 cm³/mol. The molecule has 1 aliphatic heterocycles. The number of amides is 2. The molecule has 8 heteroatoms. The van der Waals surface area contributed by atoms with Crippen molar-refractivity contribution in [3.05, 3.63) is 60.2 Å². The molecule has 0 aromatic heterocycles. The van der Waals surface area contributed by atoms with Crippen LogP contribution in [0.3, 0.4) is 0 Å². The van der Waals surface area contributed by atoms with Gasteiger partial charge in [0.15, 0.2) is 18.1 Å². The zero-order valence-electron chi connectivity index (χ0n) is 16.1. The van der Waals surface area contributed by atoms with Crippen LogP contribution in [0, 0.1) is 0 Å². The number of para-hydroxylation sites is 2. The standard InChI is InChI=1S/C21H22N2O6/c1-21(2,14-8-4-3-5-9-14)20(26)28-13-18(24)22-23-19(25)17-12-27-15-10-6-7-11-16(15)29-17/h3-11,17H,12-13H2,1-2H3,(H,22,24)(H,23,25)/t17-/m0/s1. The maximum atomic E-state index is 12.3. The second-order valence-corrected chi connectivity index (χ2v) is 6.97. The van der Waals surface area contributed by atoms with E-state index in [-0.39, 0.29) is 6.61 Å². The molecule has 1 atom stereocenters. The van der Waals surface area contributed by atoms with Gasteiger partial charge in [-0.3, -0.25) is 25.2 Å². The SMILES string of the molecule is CC(C)(C(=O)OCC(=O)NNC(=O)[C@@H]1COc2ccccc2O1)c1ccccc1. The lowest BCUT2D eigenvalue weighted by molar-refractivity contribution is -0.153. The van der Waals surface area contributed by atoms with Crippen molar-refractivity contribution < 1.29 is 28.6 Å². The van der Waals surface area contributed by atoms with Crippen LogP contribution in [0.4, 0.5) is 0 Å². The van der Waals surface area contributed by atoms with Crippen molar-refractivity contribution in [3.63, 3.8) is 0 Å². The van der Waals surface area contributed by atoms with Crippen molar-refractivity contribution in [1.29, 1.82) is 0 Å². The number of hydrazine groups is 1. The maximum absolute atomic E-state index is 12.3. The van der Waals surface area contributed by atoms with Crippen LogP contribution in [0.25, 0.3) is 0 Å². The van der Waals surface area contributed by atoms with Gasteiger partial charge < -0.3 is 14.2 Å². The number of carbonyl (C=O) groups is 3. The molecule has 1 aliphatic rings. The first kappa shape index (κ1) is 20.2. The molecule has 0 saturated carbocycles. The molecule has 0 fully saturated rings. The molecule has 0 radical (unpaired) electrons. The molecule has 0 bridgehead atoms. The van der Waals surface area contributed by atoms with Crippen molar-refractivity contribution >= 4 is 17.8 Å². The van der Waals surface area contributed by atoms with Gasteiger partial charge in [-0.2, -0.15) is 0 Å². The highest BCUT2D eigenvalue weighted by Crippen LogP contribution is 2.30. The molecule has 8 nitrogen and oxygen atoms in total. The minimum Gasteiger partial charge on any atom is -0.485 e. The van der Waals surface area contributed by atoms with Crippen LogP contribution in [-0.4, -0.2) is 37.1 Å². The first-order valence-corrected chi connectivity index (χ1v) is 9.08. The summed E-state index contributed by atoms with van der Waals surface area (Å²) in [5.74, 6) is -0.807. The molecule has 0 spiro atoms. The summed E-state index contributed by atoms with van der Waals surface area (Å²) < 4.78 is 16.1. The third kappa shape index (κ3) is 4.84. The molecule has 29 heavy (non-hydrogen) atoms. The summed E-state index contributed by atoms with van der Waals surface area (Å²) in [6.45, 7) is 2.91. The third-order valence-electron chi connectivity index (χ3n) is 4.47. The Labute approximate surface area is 168 Å². The van der Waals surface area contributed by atoms with Crippen molar-refractivity contribution in [3.8, 4) is 11.5 Å². The van der Waals surface area contributed by atoms with Gasteiger partial charge in [0.2, 0.25) is 6.10 Å². The van der Waals surface area contributed by atoms with E-state index in [4.69, 9.17) is 14.2 Å². The Hall–Kier alpha value is -3.55. The van der Waals surface area contributed by atoms with Crippen molar-refractivity contribution in [2.24, 2.45) is 0 Å². The van der Waals surface area contributed by atoms with Gasteiger partial charge in [0.1, 0.15) is 6.61 Å². The quantitative estimate of drug-likeness (QED) is 0.584. The summed E-state index contributed by atoms with van der Waals surface area (Å²) in [4.78, 5) is 36.4. The molecule has 2 N–H and O–H groups in total. The highest BCUT2D eigenvalue weighted by Gasteiger charge is 2.32. The van der Waals surface area contributed by atoms with Gasteiger partial charge in [-0.1, -0.05) is 42.5 Å². The predicted octanol–water partition coefficient (Wildman–Crippen LogP) is 1.49. The minimum absolute atomic E-state index is 0.0129. The molecule has 2 aromatic carbocycles. The van der Waals surface area contributed by atoms with Crippen LogP contribution in [0.15, 0.2) is 54.6 Å². The highest BCUT2D eigenvalue weighted by atomic mass is 16.6. The minimum atomic E-state index is -0.912. The van der Waals surface area contributed by atoms with Gasteiger partial charge in [0.25, 0.3) is 11.8 Å². The van der Waals surface area contributed by atoms with Crippen LogP contribution in [0.2, 0.25) is 0 Å². The maximum Gasteiger partial charge on any atom is 0.316 e. The highest BCUT2D eigenvalue weighted by molar-refractivity contribution is 5.88. The van der Waals surface area contributed by atoms with Crippen LogP contribution in [-0.2, 0) is 24.5 Å². The Kier molecular flexibility index (Phi) is 6.01. The molecule has 0 saturated heterocycles. The zero-order valence-corrected chi connectivity index (χ0v) is 16.1. The zero-order chi connectivity index (χ0) is 20.9. The van der Waals surface area contributed by atoms with E-state index >= 15 is 0 Å². The second-order valence-electron chi connectivity index (χ2n) is 6.97. The lowest BCUT2D eigenvalue weighted by atomic mass is 9.85. The van der Waals surface area contributed by atoms with E-state index in [1.807, 2.05) is 30.3 Å². The summed E-state index contributed by atoms with van der Waals surface area (Å²) in [5.41, 5.74) is 4.30. The molecule has 0 unspecified atom stereocenters. The smallest absolute Gasteiger partial charge is 0.316 e. The molecule has 3 rings (SSSR count). The van der Waals surface area contributed by atoms with E-state index in [1.165, 1.54) is 0 Å². The normalized spacial score (nSPS) is 15.2. The summed E-state index contributed by atoms with van der Waals surface area (Å²) in [6, 6.07) is 16.1. The van der Waals surface area contributed by atoms with Crippen molar-refractivity contribution in [1.82, 2.24) is 10.9 Å². The fourth-order valence-corrected chi connectivity index (χ4v) is 2.68. The van der Waals surface area contributed by atoms with Crippen molar-refractivity contribution in [2.45, 2.75) is 25.4 Å². The van der Waals surface area contributed by atoms with Crippen LogP contribution >= 0.6 is 0 Å². The summed E-state index contributed by atoms with van der Waals surface area (Å²) >= 11 is 0. The van der Waals surface area contributed by atoms with E-state index in [9.17, 15) is 14.4 Å². The number of carbonyl (C=O) groups excluding carboxylic acids is 3. The molecule has 1 heterocycles. The van der Waals surface area contributed by atoms with E-state index in [0.29, 0.717) is 11.5 Å². The number of fused-ring (bicyclic) bond motifs is 1. The van der Waals surface area contributed by atoms with Gasteiger partial charge in [0, 0.05) is 0 Å². The third-order valence-corrected chi connectivity index (χ3v) is 4.47. The van der Waals surface area contributed by atoms with E-state index in [2.05, 4.69) is 10.9 Å². The van der Waals surface area contributed by atoms with Crippen LogP contribution < -0.4 is 20.3 Å². The van der Waals surface area contributed by atoms with Crippen LogP contribution in [0.5, 0.6) is 11.5 Å². The number of esters is 1. The van der Waals surface area contributed by atoms with Gasteiger partial charge in [-0.25, -0.2) is 0 Å². The Morgan fingerprint density at radius 3 is 2.38 bits per heavy atom. The fourth-order valence-electron chi connectivity index (χ4n) is 2.68. The Morgan fingerprint density at radius 2 is 1.66 bits per heavy atom. The average molecular weight is 398 g/mol. The molecule has 2 amide bonds. The summed E-state index contributed by atoms with van der Waals surface area (Å²) in [6.07, 6.45) is -0.912. The second kappa shape index (κ2) is 8.64. The first-order valence-electron chi connectivity index (χ1n) is 9.08. The fraction of sp³-hybridized carbons (Fsp3) is 0.286. The van der Waals surface area contributed by atoms with Gasteiger partial charge in [-0.05, 0) is 31.5 Å². The number of hydrogen-bond acceptors (Lipinski definition) is 6. The molecular formula is C21H22N2O6. The van der Waals surface area contributed by atoms with Crippen molar-refractivity contribution in [2.75, 3.05) is 13.2 Å². The van der Waals surface area contributed by atoms with Gasteiger partial charge >= 0.3 is 5.97 Å². The lowest BCUT2D eigenvalue weighted by Gasteiger charge is -2.25. The number of benzene rings is 2. The summed E-state index contributed by atoms with van der Waals surface area (Å²) in [7, 11) is 0. The Morgan fingerprint density at radius 1 is 1.00 bits per heavy atom. The van der Waals surface area contributed by atoms with Gasteiger partial charge in [-0.15, -0.1) is 0 Å². The lowest BCUT2D eigenvalue weighted by Crippen LogP contribution is -2.51. The molecule has 2 aromatic rings. The topological polar surface area (TPSA) is 103 Å². The first-order chi connectivity index (χ1) is 13.9. The van der Waals surface area contributed by atoms with Crippen LogP contribution in [0.1, 0.15) is 19.4 Å². The molecule has 0 aliphatic carbocycles. The number of rotatable bonds is 5. The van der Waals surface area contributed by atoms with E-state index < -0.39 is 35.9 Å². The molecular weight excluding hydrogens is 376 g/mol. The van der Waals surface area contributed by atoms with E-state index in [0.717, 1.165) is 5.56 Å². The Bertz CT molecular complexity index is 897. The molecule has 152 valence electrons. The average Bonchev–Trinajstić information content (AvgIpc) is 2.75.